The molecule has 1 saturated heterocycles. The van der Waals surface area contributed by atoms with Crippen LogP contribution >= 0.6 is 11.6 Å². The minimum atomic E-state index is -1.11. The average molecular weight is 492 g/mol. The molecule has 4 rings (SSSR count). The Morgan fingerprint density at radius 3 is 2.23 bits per heavy atom. The molecule has 8 nitrogen and oxygen atoms in total. The topological polar surface area (TPSA) is 109 Å². The fourth-order valence-electron chi connectivity index (χ4n) is 4.01. The Kier molecular flexibility index (Phi) is 7.43. The van der Waals surface area contributed by atoms with Gasteiger partial charge in [0.05, 0.1) is 5.56 Å². The molecule has 0 aliphatic carbocycles. The highest BCUT2D eigenvalue weighted by atomic mass is 35.5. The van der Waals surface area contributed by atoms with E-state index in [4.69, 9.17) is 17.3 Å². The monoisotopic (exact) mass is 491 g/mol. The van der Waals surface area contributed by atoms with Crippen molar-refractivity contribution in [3.63, 3.8) is 0 Å². The van der Waals surface area contributed by atoms with Gasteiger partial charge in [-0.2, -0.15) is 0 Å². The van der Waals surface area contributed by atoms with Gasteiger partial charge < -0.3 is 20.9 Å². The molecule has 1 aromatic heterocycles. The van der Waals surface area contributed by atoms with Gasteiger partial charge in [-0.3, -0.25) is 14.4 Å². The number of carbonyl (C=O) groups excluding carboxylic acids is 3. The second-order valence-corrected chi connectivity index (χ2v) is 8.74. The molecule has 0 radical (unpaired) electrons. The molecule has 9 heteroatoms. The number of nitrogens with one attached hydrogen (secondary N) is 1. The number of hydrogen-bond donors (Lipinski definition) is 2. The van der Waals surface area contributed by atoms with Crippen molar-refractivity contribution in [1.82, 2.24) is 20.1 Å². The van der Waals surface area contributed by atoms with E-state index in [1.54, 1.807) is 18.2 Å². The molecule has 180 valence electrons. The second-order valence-electron chi connectivity index (χ2n) is 8.35. The zero-order valence-electron chi connectivity index (χ0n) is 19.3. The van der Waals surface area contributed by atoms with Crippen LogP contribution in [0.5, 0.6) is 0 Å². The normalized spacial score (nSPS) is 15.2. The number of pyridine rings is 1. The summed E-state index contributed by atoms with van der Waals surface area (Å²) in [4.78, 5) is 46.8. The SMILES string of the molecule is Cc1ccc(C(=O)N2CCN(C(=O)c3ccc(Cl)nc3)C2C(=O)NCc2cccc(CN)c2)cc1. The van der Waals surface area contributed by atoms with E-state index in [0.29, 0.717) is 12.1 Å². The highest BCUT2D eigenvalue weighted by Crippen LogP contribution is 2.22. The molecule has 1 fully saturated rings. The van der Waals surface area contributed by atoms with Gasteiger partial charge in [-0.05, 0) is 42.3 Å². The summed E-state index contributed by atoms with van der Waals surface area (Å²) in [5, 5.41) is 3.14. The summed E-state index contributed by atoms with van der Waals surface area (Å²) in [6, 6.07) is 17.8. The molecule has 3 amide bonds. The second kappa shape index (κ2) is 10.7. The van der Waals surface area contributed by atoms with Gasteiger partial charge in [-0.25, -0.2) is 4.98 Å². The Morgan fingerprint density at radius 1 is 0.971 bits per heavy atom. The summed E-state index contributed by atoms with van der Waals surface area (Å²) in [7, 11) is 0. The van der Waals surface area contributed by atoms with Gasteiger partial charge in [0.2, 0.25) is 0 Å². The van der Waals surface area contributed by atoms with E-state index < -0.39 is 18.0 Å². The smallest absolute Gasteiger partial charge is 0.264 e. The van der Waals surface area contributed by atoms with Gasteiger partial charge in [-0.1, -0.05) is 53.6 Å². The van der Waals surface area contributed by atoms with Crippen LogP contribution in [0.4, 0.5) is 0 Å². The van der Waals surface area contributed by atoms with E-state index >= 15 is 0 Å². The zero-order valence-corrected chi connectivity index (χ0v) is 20.0. The summed E-state index contributed by atoms with van der Waals surface area (Å²) in [6.07, 6.45) is 0.257. The maximum absolute atomic E-state index is 13.4. The maximum Gasteiger partial charge on any atom is 0.264 e. The number of aromatic nitrogens is 1. The minimum absolute atomic E-state index is 0.208. The van der Waals surface area contributed by atoms with Crippen molar-refractivity contribution < 1.29 is 14.4 Å². The molecule has 3 aromatic rings. The van der Waals surface area contributed by atoms with Crippen molar-refractivity contribution in [2.45, 2.75) is 26.2 Å². The lowest BCUT2D eigenvalue weighted by Crippen LogP contribution is -2.53. The van der Waals surface area contributed by atoms with E-state index in [2.05, 4.69) is 10.3 Å². The predicted octanol–water partition coefficient (Wildman–Crippen LogP) is 2.74. The Labute approximate surface area is 208 Å². The number of nitrogens with zero attached hydrogens (tertiary/aromatic N) is 3. The van der Waals surface area contributed by atoms with Crippen molar-refractivity contribution in [3.8, 4) is 0 Å². The van der Waals surface area contributed by atoms with Gasteiger partial charge in [-0.15, -0.1) is 0 Å². The number of benzene rings is 2. The van der Waals surface area contributed by atoms with Gasteiger partial charge in [0, 0.05) is 37.9 Å². The van der Waals surface area contributed by atoms with Crippen molar-refractivity contribution in [1.29, 1.82) is 0 Å². The molecule has 0 spiro atoms. The number of rotatable bonds is 6. The van der Waals surface area contributed by atoms with Crippen LogP contribution in [0.1, 0.15) is 37.4 Å². The van der Waals surface area contributed by atoms with E-state index in [1.807, 2.05) is 43.3 Å². The Bertz CT molecular complexity index is 1160. The molecule has 1 aliphatic heterocycles. The van der Waals surface area contributed by atoms with Crippen LogP contribution in [-0.2, 0) is 17.9 Å². The van der Waals surface area contributed by atoms with Crippen molar-refractivity contribution in [2.75, 3.05) is 13.1 Å². The molecule has 1 atom stereocenters. The molecule has 1 aliphatic rings. The number of hydrogen-bond acceptors (Lipinski definition) is 5. The quantitative estimate of drug-likeness (QED) is 0.515. The molecule has 0 bridgehead atoms. The Hall–Kier alpha value is -3.75. The summed E-state index contributed by atoms with van der Waals surface area (Å²) < 4.78 is 0. The lowest BCUT2D eigenvalue weighted by Gasteiger charge is -2.29. The molecule has 0 saturated carbocycles. The maximum atomic E-state index is 13.4. The predicted molar refractivity (Wildman–Crippen MR) is 132 cm³/mol. The Balaban J connectivity index is 1.59. The van der Waals surface area contributed by atoms with Crippen molar-refractivity contribution in [3.05, 3.63) is 99.8 Å². The van der Waals surface area contributed by atoms with Crippen LogP contribution < -0.4 is 11.1 Å². The first-order valence-corrected chi connectivity index (χ1v) is 11.6. The third-order valence-electron chi connectivity index (χ3n) is 5.90. The van der Waals surface area contributed by atoms with Gasteiger partial charge in [0.1, 0.15) is 5.15 Å². The van der Waals surface area contributed by atoms with Crippen molar-refractivity contribution >= 4 is 29.3 Å². The third-order valence-corrected chi connectivity index (χ3v) is 6.12. The molecular formula is C26H26ClN5O3. The molecule has 2 aromatic carbocycles. The van der Waals surface area contributed by atoms with Crippen LogP contribution in [-0.4, -0.2) is 51.8 Å². The van der Waals surface area contributed by atoms with E-state index in [1.165, 1.54) is 22.1 Å². The van der Waals surface area contributed by atoms with Crippen LogP contribution in [0.25, 0.3) is 0 Å². The van der Waals surface area contributed by atoms with E-state index in [9.17, 15) is 14.4 Å². The molecular weight excluding hydrogens is 466 g/mol. The number of nitrogens with two attached hydrogens (primary N) is 1. The third kappa shape index (κ3) is 5.50. The standard InChI is InChI=1S/C26H26ClN5O3/c1-17-5-7-20(8-6-17)25(34)31-11-12-32(26(35)21-9-10-22(27)29-16-21)24(31)23(33)30-15-19-4-2-3-18(13-19)14-28/h2-10,13,16,24H,11-12,14-15,28H2,1H3,(H,30,33). The number of amides is 3. The van der Waals surface area contributed by atoms with Crippen LogP contribution in [0.3, 0.4) is 0 Å². The van der Waals surface area contributed by atoms with Crippen LogP contribution in [0.2, 0.25) is 5.15 Å². The first kappa shape index (κ1) is 24.4. The highest BCUT2D eigenvalue weighted by Gasteiger charge is 2.43. The number of halogens is 1. The van der Waals surface area contributed by atoms with Gasteiger partial charge >= 0.3 is 0 Å². The largest absolute Gasteiger partial charge is 0.349 e. The zero-order chi connectivity index (χ0) is 24.9. The molecule has 35 heavy (non-hydrogen) atoms. The lowest BCUT2D eigenvalue weighted by molar-refractivity contribution is -0.128. The first-order valence-electron chi connectivity index (χ1n) is 11.2. The van der Waals surface area contributed by atoms with Crippen LogP contribution in [0.15, 0.2) is 66.9 Å². The minimum Gasteiger partial charge on any atom is -0.349 e. The van der Waals surface area contributed by atoms with E-state index in [-0.39, 0.29) is 36.3 Å². The molecule has 3 N–H and O–H groups in total. The fraction of sp³-hybridized carbons (Fsp3) is 0.231. The van der Waals surface area contributed by atoms with Gasteiger partial charge in [0.25, 0.3) is 17.7 Å². The molecule has 1 unspecified atom stereocenters. The average Bonchev–Trinajstić information content (AvgIpc) is 3.33. The summed E-state index contributed by atoms with van der Waals surface area (Å²) in [5.74, 6) is -1.17. The lowest BCUT2D eigenvalue weighted by atomic mass is 10.1. The van der Waals surface area contributed by atoms with E-state index in [0.717, 1.165) is 16.7 Å². The number of carbonyl (C=O) groups is 3. The van der Waals surface area contributed by atoms with Gasteiger partial charge in [0.15, 0.2) is 6.17 Å². The van der Waals surface area contributed by atoms with Crippen LogP contribution in [0, 0.1) is 6.92 Å². The number of aryl methyl sites for hydroxylation is 1. The summed E-state index contributed by atoms with van der Waals surface area (Å²) >= 11 is 5.86. The molecule has 2 heterocycles. The summed E-state index contributed by atoms with van der Waals surface area (Å²) in [6.45, 7) is 2.99. The van der Waals surface area contributed by atoms with Crippen molar-refractivity contribution in [2.24, 2.45) is 5.73 Å². The Morgan fingerprint density at radius 2 is 1.60 bits per heavy atom. The summed E-state index contributed by atoms with van der Waals surface area (Å²) in [5.41, 5.74) is 9.29. The fourth-order valence-corrected chi connectivity index (χ4v) is 4.13. The first-order chi connectivity index (χ1) is 16.9. The highest BCUT2D eigenvalue weighted by molar-refractivity contribution is 6.29.